The van der Waals surface area contributed by atoms with Gasteiger partial charge in [0.2, 0.25) is 0 Å². The zero-order valence-corrected chi connectivity index (χ0v) is 6.86. The number of hydrogen-bond donors (Lipinski definition) is 1. The van der Waals surface area contributed by atoms with E-state index in [2.05, 4.69) is 0 Å². The van der Waals surface area contributed by atoms with Crippen LogP contribution in [0.4, 0.5) is 0 Å². The smallest absolute Gasteiger partial charge is 0.0563 e. The molecule has 0 unspecified atom stereocenters. The Balaban J connectivity index is 0. The molecule has 0 aromatic rings. The average molecular weight is 114 g/mol. The predicted octanol–water partition coefficient (Wildman–Crippen LogP) is 0.396. The minimum absolute atomic E-state index is 0. The molecule has 0 saturated carbocycles. The molecular formula is C4H10CaO. The van der Waals surface area contributed by atoms with Crippen molar-refractivity contribution in [2.24, 2.45) is 0 Å². The summed E-state index contributed by atoms with van der Waals surface area (Å²) in [7, 11) is 0. The fraction of sp³-hybridized carbons (Fsp3) is 1.00. The number of aliphatic hydroxyl groups is 1. The molecule has 0 atom stereocenters. The summed E-state index contributed by atoms with van der Waals surface area (Å²) < 4.78 is 0. The van der Waals surface area contributed by atoms with Crippen molar-refractivity contribution in [3.8, 4) is 0 Å². The molecule has 0 spiro atoms. The standard InChI is InChI=1S/C4H10O.Ca/c1-4(2,3)5;/h5H,1-3H3;. The Morgan fingerprint density at radius 2 is 1.17 bits per heavy atom. The third-order valence-electron chi connectivity index (χ3n) is 0. The van der Waals surface area contributed by atoms with Crippen LogP contribution in [-0.2, 0) is 0 Å². The minimum atomic E-state index is -0.500. The zero-order chi connectivity index (χ0) is 4.50. The van der Waals surface area contributed by atoms with E-state index in [-0.39, 0.29) is 37.7 Å². The van der Waals surface area contributed by atoms with Crippen LogP contribution in [-0.4, -0.2) is 48.4 Å². The molecule has 0 bridgehead atoms. The van der Waals surface area contributed by atoms with E-state index in [4.69, 9.17) is 5.11 Å². The first-order valence-electron chi connectivity index (χ1n) is 1.72. The molecule has 0 rings (SSSR count). The van der Waals surface area contributed by atoms with Crippen molar-refractivity contribution < 1.29 is 5.11 Å². The van der Waals surface area contributed by atoms with Crippen molar-refractivity contribution >= 4 is 37.7 Å². The average Bonchev–Trinajstić information content (AvgIpc) is 0.722. The molecule has 0 fully saturated rings. The van der Waals surface area contributed by atoms with Crippen LogP contribution >= 0.6 is 0 Å². The second-order valence-electron chi connectivity index (χ2n) is 2.17. The molecule has 0 aromatic heterocycles. The summed E-state index contributed by atoms with van der Waals surface area (Å²) >= 11 is 0. The van der Waals surface area contributed by atoms with Crippen LogP contribution < -0.4 is 0 Å². The normalized spacial score (nSPS) is 10.0. The molecule has 0 amide bonds. The van der Waals surface area contributed by atoms with Crippen molar-refractivity contribution in [1.82, 2.24) is 0 Å². The molecule has 0 aliphatic heterocycles. The third-order valence-corrected chi connectivity index (χ3v) is 0. The second kappa shape index (κ2) is 3.25. The zero-order valence-electron chi connectivity index (χ0n) is 4.65. The molecule has 0 heterocycles. The monoisotopic (exact) mass is 114 g/mol. The van der Waals surface area contributed by atoms with Crippen LogP contribution in [0.5, 0.6) is 0 Å². The largest absolute Gasteiger partial charge is 0.391 e. The fourth-order valence-corrected chi connectivity index (χ4v) is 0. The molecule has 2 heteroatoms. The topological polar surface area (TPSA) is 20.2 Å². The summed E-state index contributed by atoms with van der Waals surface area (Å²) in [4.78, 5) is 0. The van der Waals surface area contributed by atoms with Crippen LogP contribution in [0.3, 0.4) is 0 Å². The van der Waals surface area contributed by atoms with Crippen molar-refractivity contribution in [2.45, 2.75) is 26.4 Å². The molecule has 0 aromatic carbocycles. The Morgan fingerprint density at radius 1 is 1.17 bits per heavy atom. The number of hydrogen-bond acceptors (Lipinski definition) is 1. The molecule has 2 radical (unpaired) electrons. The van der Waals surface area contributed by atoms with Gasteiger partial charge in [-0.3, -0.25) is 0 Å². The Labute approximate surface area is 68.7 Å². The fourth-order valence-electron chi connectivity index (χ4n) is 0. The van der Waals surface area contributed by atoms with Gasteiger partial charge in [-0.05, 0) is 20.8 Å². The Hall–Kier alpha value is 1.22. The van der Waals surface area contributed by atoms with Crippen molar-refractivity contribution in [3.63, 3.8) is 0 Å². The van der Waals surface area contributed by atoms with Gasteiger partial charge in [-0.1, -0.05) is 0 Å². The summed E-state index contributed by atoms with van der Waals surface area (Å²) in [6, 6.07) is 0. The maximum absolute atomic E-state index is 8.52. The predicted molar refractivity (Wildman–Crippen MR) is 27.7 cm³/mol. The molecule has 34 valence electrons. The van der Waals surface area contributed by atoms with E-state index in [0.29, 0.717) is 0 Å². The maximum Gasteiger partial charge on any atom is 0.0563 e. The van der Waals surface area contributed by atoms with Crippen LogP contribution in [0.15, 0.2) is 0 Å². The minimum Gasteiger partial charge on any atom is -0.391 e. The van der Waals surface area contributed by atoms with Crippen LogP contribution in [0, 0.1) is 0 Å². The summed E-state index contributed by atoms with van der Waals surface area (Å²) in [5.74, 6) is 0. The Morgan fingerprint density at radius 3 is 1.17 bits per heavy atom. The summed E-state index contributed by atoms with van der Waals surface area (Å²) in [6.07, 6.45) is 0. The van der Waals surface area contributed by atoms with Gasteiger partial charge in [0, 0.05) is 37.7 Å². The first-order valence-corrected chi connectivity index (χ1v) is 1.72. The van der Waals surface area contributed by atoms with Gasteiger partial charge in [0.25, 0.3) is 0 Å². The van der Waals surface area contributed by atoms with Crippen molar-refractivity contribution in [2.75, 3.05) is 0 Å². The van der Waals surface area contributed by atoms with Gasteiger partial charge in [-0.2, -0.15) is 0 Å². The van der Waals surface area contributed by atoms with Gasteiger partial charge in [0.1, 0.15) is 0 Å². The van der Waals surface area contributed by atoms with E-state index in [0.717, 1.165) is 0 Å². The molecule has 6 heavy (non-hydrogen) atoms. The molecule has 0 aliphatic rings. The van der Waals surface area contributed by atoms with Gasteiger partial charge >= 0.3 is 0 Å². The Kier molecular flexibility index (Phi) is 5.55. The van der Waals surface area contributed by atoms with E-state index in [1.54, 1.807) is 20.8 Å². The SMILES string of the molecule is CC(C)(C)O.[Ca]. The summed E-state index contributed by atoms with van der Waals surface area (Å²) in [6.45, 7) is 5.23. The molecule has 0 aliphatic carbocycles. The van der Waals surface area contributed by atoms with Gasteiger partial charge < -0.3 is 5.11 Å². The number of rotatable bonds is 0. The van der Waals surface area contributed by atoms with E-state index < -0.39 is 5.60 Å². The van der Waals surface area contributed by atoms with Crippen molar-refractivity contribution in [1.29, 1.82) is 0 Å². The maximum atomic E-state index is 8.52. The summed E-state index contributed by atoms with van der Waals surface area (Å²) in [5.41, 5.74) is -0.500. The molecule has 1 N–H and O–H groups in total. The first kappa shape index (κ1) is 10.3. The second-order valence-corrected chi connectivity index (χ2v) is 2.17. The van der Waals surface area contributed by atoms with Crippen LogP contribution in [0.25, 0.3) is 0 Å². The van der Waals surface area contributed by atoms with Crippen LogP contribution in [0.2, 0.25) is 0 Å². The van der Waals surface area contributed by atoms with E-state index in [9.17, 15) is 0 Å². The first-order chi connectivity index (χ1) is 2.00. The van der Waals surface area contributed by atoms with Gasteiger partial charge in [0.05, 0.1) is 5.60 Å². The molecule has 1 nitrogen and oxygen atoms in total. The van der Waals surface area contributed by atoms with E-state index in [1.807, 2.05) is 0 Å². The third kappa shape index (κ3) is 62.5. The molecular weight excluding hydrogens is 104 g/mol. The Bertz CT molecular complexity index is 23.0. The summed E-state index contributed by atoms with van der Waals surface area (Å²) in [5, 5.41) is 8.52. The van der Waals surface area contributed by atoms with Gasteiger partial charge in [0.15, 0.2) is 0 Å². The quantitative estimate of drug-likeness (QED) is 0.452. The van der Waals surface area contributed by atoms with E-state index in [1.165, 1.54) is 0 Å². The van der Waals surface area contributed by atoms with Crippen LogP contribution in [0.1, 0.15) is 20.8 Å². The van der Waals surface area contributed by atoms with Crippen molar-refractivity contribution in [3.05, 3.63) is 0 Å². The van der Waals surface area contributed by atoms with Gasteiger partial charge in [-0.15, -0.1) is 0 Å². The van der Waals surface area contributed by atoms with Gasteiger partial charge in [-0.25, -0.2) is 0 Å². The molecule has 0 saturated heterocycles. The van der Waals surface area contributed by atoms with E-state index >= 15 is 0 Å².